The van der Waals surface area contributed by atoms with Gasteiger partial charge in [-0.3, -0.25) is 4.79 Å². The van der Waals surface area contributed by atoms with Crippen LogP contribution in [-0.4, -0.2) is 59.7 Å². The molecule has 3 rings (SSSR count). The second-order valence-corrected chi connectivity index (χ2v) is 6.94. The lowest BCUT2D eigenvalue weighted by Gasteiger charge is -2.40. The molecule has 2 heterocycles. The fourth-order valence-corrected chi connectivity index (χ4v) is 3.42. The van der Waals surface area contributed by atoms with Crippen LogP contribution in [0.5, 0.6) is 0 Å². The summed E-state index contributed by atoms with van der Waals surface area (Å²) in [5.41, 5.74) is 0.207. The summed E-state index contributed by atoms with van der Waals surface area (Å²) in [5, 5.41) is 11.9. The molecule has 0 saturated carbocycles. The molecule has 1 unspecified atom stereocenters. The Labute approximate surface area is 171 Å². The van der Waals surface area contributed by atoms with Crippen molar-refractivity contribution in [3.05, 3.63) is 48.2 Å². The second-order valence-electron chi connectivity index (χ2n) is 6.94. The van der Waals surface area contributed by atoms with Gasteiger partial charge in [-0.1, -0.05) is 12.1 Å². The monoisotopic (exact) mass is 422 g/mol. The van der Waals surface area contributed by atoms with Gasteiger partial charge in [0.1, 0.15) is 5.82 Å². The van der Waals surface area contributed by atoms with Gasteiger partial charge in [0.2, 0.25) is 5.91 Å². The van der Waals surface area contributed by atoms with E-state index < -0.39 is 23.9 Å². The molecule has 10 heteroatoms. The van der Waals surface area contributed by atoms with Crippen molar-refractivity contribution >= 4 is 17.8 Å². The van der Waals surface area contributed by atoms with Crippen LogP contribution in [0.1, 0.15) is 12.0 Å². The molecule has 0 aliphatic carbocycles. The number of pyridine rings is 1. The van der Waals surface area contributed by atoms with Crippen LogP contribution in [0.4, 0.5) is 23.8 Å². The number of rotatable bonds is 4. The molecule has 2 N–H and O–H groups in total. The maximum absolute atomic E-state index is 12.9. The summed E-state index contributed by atoms with van der Waals surface area (Å²) in [6, 6.07) is 7.85. The number of benzene rings is 1. The molecule has 0 radical (unpaired) electrons. The van der Waals surface area contributed by atoms with Crippen LogP contribution in [0.15, 0.2) is 42.6 Å². The first-order valence-corrected chi connectivity index (χ1v) is 9.28. The van der Waals surface area contributed by atoms with Crippen LogP contribution in [0.25, 0.3) is 11.1 Å². The Morgan fingerprint density at radius 3 is 2.57 bits per heavy atom. The summed E-state index contributed by atoms with van der Waals surface area (Å²) in [7, 11) is 1.49. The molecular weight excluding hydrogens is 401 g/mol. The molecule has 1 aliphatic heterocycles. The normalized spacial score (nSPS) is 17.0. The van der Waals surface area contributed by atoms with Crippen molar-refractivity contribution < 1.29 is 27.9 Å². The lowest BCUT2D eigenvalue weighted by atomic mass is 10.0. The standard InChI is InChI=1S/C20H21F3N4O3/c1-24-18(28)10-16-12-26(7-8-27(16)19(29)30)17-6-5-14(11-25-17)13-3-2-4-15(9-13)20(21,22)23/h2-6,9,11,16H,7-8,10,12H2,1H3,(H,24,28)(H,29,30). The molecule has 1 aromatic carbocycles. The molecule has 30 heavy (non-hydrogen) atoms. The van der Waals surface area contributed by atoms with E-state index in [0.29, 0.717) is 23.5 Å². The fourth-order valence-electron chi connectivity index (χ4n) is 3.42. The summed E-state index contributed by atoms with van der Waals surface area (Å²) < 4.78 is 38.8. The van der Waals surface area contributed by atoms with Gasteiger partial charge in [-0.2, -0.15) is 13.2 Å². The molecule has 2 amide bonds. The van der Waals surface area contributed by atoms with Gasteiger partial charge >= 0.3 is 12.3 Å². The van der Waals surface area contributed by atoms with E-state index in [-0.39, 0.29) is 25.4 Å². The quantitative estimate of drug-likeness (QED) is 0.791. The molecule has 0 bridgehead atoms. The zero-order chi connectivity index (χ0) is 21.9. The fraction of sp³-hybridized carbons (Fsp3) is 0.350. The minimum atomic E-state index is -4.42. The van der Waals surface area contributed by atoms with Crippen LogP contribution in [0, 0.1) is 0 Å². The lowest BCUT2D eigenvalue weighted by molar-refractivity contribution is -0.137. The van der Waals surface area contributed by atoms with Crippen molar-refractivity contribution in [1.82, 2.24) is 15.2 Å². The number of nitrogens with zero attached hydrogens (tertiary/aromatic N) is 3. The summed E-state index contributed by atoms with van der Waals surface area (Å²) in [6.45, 7) is 0.899. The summed E-state index contributed by atoms with van der Waals surface area (Å²) in [6.07, 6.45) is -3.99. The third-order valence-electron chi connectivity index (χ3n) is 5.02. The van der Waals surface area contributed by atoms with Gasteiger partial charge in [0, 0.05) is 44.9 Å². The molecular formula is C20H21F3N4O3. The van der Waals surface area contributed by atoms with E-state index in [9.17, 15) is 27.9 Å². The van der Waals surface area contributed by atoms with Crippen molar-refractivity contribution in [2.24, 2.45) is 0 Å². The molecule has 160 valence electrons. The van der Waals surface area contributed by atoms with E-state index >= 15 is 0 Å². The number of alkyl halides is 3. The summed E-state index contributed by atoms with van der Waals surface area (Å²) in [5.74, 6) is 0.304. The molecule has 2 aromatic rings. The van der Waals surface area contributed by atoms with Gasteiger partial charge < -0.3 is 20.2 Å². The predicted octanol–water partition coefficient (Wildman–Crippen LogP) is 3.07. The minimum Gasteiger partial charge on any atom is -0.465 e. The largest absolute Gasteiger partial charge is 0.465 e. The van der Waals surface area contributed by atoms with Crippen molar-refractivity contribution in [2.75, 3.05) is 31.6 Å². The van der Waals surface area contributed by atoms with Gasteiger partial charge in [0.15, 0.2) is 0 Å². The Morgan fingerprint density at radius 2 is 1.97 bits per heavy atom. The van der Waals surface area contributed by atoms with E-state index in [1.54, 1.807) is 18.2 Å². The van der Waals surface area contributed by atoms with Crippen molar-refractivity contribution in [2.45, 2.75) is 18.6 Å². The highest BCUT2D eigenvalue weighted by Gasteiger charge is 2.32. The van der Waals surface area contributed by atoms with E-state index in [2.05, 4.69) is 10.3 Å². The Balaban J connectivity index is 1.77. The van der Waals surface area contributed by atoms with E-state index in [1.807, 2.05) is 4.90 Å². The van der Waals surface area contributed by atoms with Crippen LogP contribution in [0.2, 0.25) is 0 Å². The van der Waals surface area contributed by atoms with Crippen LogP contribution < -0.4 is 10.2 Å². The van der Waals surface area contributed by atoms with E-state index in [4.69, 9.17) is 0 Å². The number of carboxylic acid groups (broad SMARTS) is 1. The van der Waals surface area contributed by atoms with Crippen LogP contribution in [-0.2, 0) is 11.0 Å². The van der Waals surface area contributed by atoms with Crippen LogP contribution in [0.3, 0.4) is 0 Å². The predicted molar refractivity (Wildman–Crippen MR) is 104 cm³/mol. The number of hydrogen-bond acceptors (Lipinski definition) is 4. The topological polar surface area (TPSA) is 85.8 Å². The maximum Gasteiger partial charge on any atom is 0.416 e. The van der Waals surface area contributed by atoms with Crippen molar-refractivity contribution in [1.29, 1.82) is 0 Å². The van der Waals surface area contributed by atoms with Gasteiger partial charge in [0.05, 0.1) is 11.6 Å². The smallest absolute Gasteiger partial charge is 0.416 e. The number of halogens is 3. The van der Waals surface area contributed by atoms with E-state index in [1.165, 1.54) is 24.2 Å². The Bertz CT molecular complexity index is 918. The van der Waals surface area contributed by atoms with Crippen molar-refractivity contribution in [3.8, 4) is 11.1 Å². The number of nitrogens with one attached hydrogen (secondary N) is 1. The molecule has 1 saturated heterocycles. The van der Waals surface area contributed by atoms with Gasteiger partial charge in [-0.05, 0) is 29.8 Å². The summed E-state index contributed by atoms with van der Waals surface area (Å²) >= 11 is 0. The molecule has 1 aliphatic rings. The first-order chi connectivity index (χ1) is 14.2. The molecule has 1 fully saturated rings. The Hall–Kier alpha value is -3.30. The number of hydrogen-bond donors (Lipinski definition) is 2. The average Bonchev–Trinajstić information content (AvgIpc) is 2.73. The van der Waals surface area contributed by atoms with Crippen LogP contribution >= 0.6 is 0 Å². The highest BCUT2D eigenvalue weighted by Crippen LogP contribution is 2.32. The SMILES string of the molecule is CNC(=O)CC1CN(c2ccc(-c3cccc(C(F)(F)F)c3)cn2)CCN1C(=O)O. The molecule has 1 atom stereocenters. The van der Waals surface area contributed by atoms with Crippen molar-refractivity contribution in [3.63, 3.8) is 0 Å². The third-order valence-corrected chi connectivity index (χ3v) is 5.02. The number of anilines is 1. The minimum absolute atomic E-state index is 0.0294. The first kappa shape index (κ1) is 21.4. The number of amides is 2. The lowest BCUT2D eigenvalue weighted by Crippen LogP contribution is -2.56. The highest BCUT2D eigenvalue weighted by atomic mass is 19.4. The zero-order valence-electron chi connectivity index (χ0n) is 16.2. The Morgan fingerprint density at radius 1 is 1.20 bits per heavy atom. The third kappa shape index (κ3) is 4.81. The maximum atomic E-state index is 12.9. The number of aromatic nitrogens is 1. The molecule has 0 spiro atoms. The zero-order valence-corrected chi connectivity index (χ0v) is 16.2. The Kier molecular flexibility index (Phi) is 6.14. The van der Waals surface area contributed by atoms with Gasteiger partial charge in [0.25, 0.3) is 0 Å². The number of piperazine rings is 1. The second kappa shape index (κ2) is 8.60. The summed E-state index contributed by atoms with van der Waals surface area (Å²) in [4.78, 5) is 30.7. The molecule has 1 aromatic heterocycles. The van der Waals surface area contributed by atoms with Gasteiger partial charge in [-0.15, -0.1) is 0 Å². The highest BCUT2D eigenvalue weighted by molar-refractivity contribution is 5.77. The number of carbonyl (C=O) groups is 2. The average molecular weight is 422 g/mol. The number of carbonyl (C=O) groups excluding carboxylic acids is 1. The van der Waals surface area contributed by atoms with E-state index in [0.717, 1.165) is 12.1 Å². The van der Waals surface area contributed by atoms with Gasteiger partial charge in [-0.25, -0.2) is 9.78 Å². The first-order valence-electron chi connectivity index (χ1n) is 9.28. The molecule has 7 nitrogen and oxygen atoms in total.